The van der Waals surface area contributed by atoms with Gasteiger partial charge in [0.05, 0.1) is 0 Å². The Morgan fingerprint density at radius 3 is 2.73 bits per heavy atom. The molecule has 0 bridgehead atoms. The van der Waals surface area contributed by atoms with Gasteiger partial charge in [0, 0.05) is 6.57 Å². The second-order valence-corrected chi connectivity index (χ2v) is 1.76. The quantitative estimate of drug-likeness (QED) is 0.569. The molecular formula is C7H6N2O2. The third-order valence-corrected chi connectivity index (χ3v) is 1.17. The smallest absolute Gasteiger partial charge is 0.193 e. The van der Waals surface area contributed by atoms with Crippen LogP contribution in [0.25, 0.3) is 0 Å². The summed E-state index contributed by atoms with van der Waals surface area (Å²) < 4.78 is 0. The van der Waals surface area contributed by atoms with Crippen LogP contribution in [0.2, 0.25) is 0 Å². The van der Waals surface area contributed by atoms with Crippen LogP contribution in [0.5, 0.6) is 5.75 Å². The van der Waals surface area contributed by atoms with E-state index in [0.717, 1.165) is 11.4 Å². The van der Waals surface area contributed by atoms with Gasteiger partial charge in [0.25, 0.3) is 0 Å². The minimum Gasteiger partial charge on any atom is -0.312 e. The van der Waals surface area contributed by atoms with Crippen LogP contribution in [0.15, 0.2) is 24.3 Å². The largest absolute Gasteiger partial charge is 0.312 e. The first-order valence-electron chi connectivity index (χ1n) is 2.91. The van der Waals surface area contributed by atoms with Gasteiger partial charge in [-0.2, -0.15) is 0 Å². The van der Waals surface area contributed by atoms with Gasteiger partial charge in [-0.15, -0.1) is 0 Å². The molecule has 0 radical (unpaired) electrons. The molecule has 11 heavy (non-hydrogen) atoms. The zero-order chi connectivity index (χ0) is 8.10. The standard InChI is InChI=1S/C6H5NO2.CHN/c1-2-4-6-5(3-1)7-9-8-6;1-2/h1-4,7H;1H. The number of hydrogen-bond donors (Lipinski definition) is 1. The Morgan fingerprint density at radius 2 is 2.00 bits per heavy atom. The molecule has 0 aliphatic carbocycles. The molecule has 0 atom stereocenters. The van der Waals surface area contributed by atoms with E-state index in [0.29, 0.717) is 0 Å². The number of benzene rings is 1. The van der Waals surface area contributed by atoms with Gasteiger partial charge >= 0.3 is 0 Å². The van der Waals surface area contributed by atoms with Crippen LogP contribution in [-0.4, -0.2) is 0 Å². The van der Waals surface area contributed by atoms with Gasteiger partial charge in [-0.25, -0.2) is 10.7 Å². The summed E-state index contributed by atoms with van der Waals surface area (Å²) >= 11 is 0. The van der Waals surface area contributed by atoms with Crippen molar-refractivity contribution in [2.45, 2.75) is 0 Å². The maximum Gasteiger partial charge on any atom is 0.193 e. The Labute approximate surface area is 63.8 Å². The van der Waals surface area contributed by atoms with Crippen molar-refractivity contribution in [3.63, 3.8) is 0 Å². The Bertz CT molecular complexity index is 237. The first kappa shape index (κ1) is 7.38. The van der Waals surface area contributed by atoms with E-state index >= 15 is 0 Å². The third kappa shape index (κ3) is 1.39. The minimum absolute atomic E-state index is 0.734. The van der Waals surface area contributed by atoms with Crippen LogP contribution in [0, 0.1) is 11.8 Å². The van der Waals surface area contributed by atoms with Crippen molar-refractivity contribution >= 4 is 5.69 Å². The van der Waals surface area contributed by atoms with Crippen LogP contribution in [0.4, 0.5) is 5.69 Å². The Balaban J connectivity index is 0.000000281. The second-order valence-electron chi connectivity index (χ2n) is 1.76. The van der Waals surface area contributed by atoms with Gasteiger partial charge in [-0.3, -0.25) is 0 Å². The molecule has 2 rings (SSSR count). The van der Waals surface area contributed by atoms with E-state index < -0.39 is 0 Å². The molecule has 1 aromatic carbocycles. The summed E-state index contributed by atoms with van der Waals surface area (Å²) in [4.78, 5) is 9.15. The van der Waals surface area contributed by atoms with Crippen molar-refractivity contribution < 1.29 is 9.88 Å². The summed E-state index contributed by atoms with van der Waals surface area (Å²) in [7, 11) is 0. The number of anilines is 1. The Morgan fingerprint density at radius 1 is 1.27 bits per heavy atom. The van der Waals surface area contributed by atoms with Crippen LogP contribution in [0.3, 0.4) is 0 Å². The molecule has 0 saturated heterocycles. The van der Waals surface area contributed by atoms with Crippen LogP contribution < -0.4 is 10.4 Å². The first-order chi connectivity index (χ1) is 5.47. The lowest BCUT2D eigenvalue weighted by atomic mass is 10.3. The number of para-hydroxylation sites is 2. The van der Waals surface area contributed by atoms with Gasteiger partial charge in [0.2, 0.25) is 0 Å². The number of rotatable bonds is 0. The molecule has 1 aliphatic rings. The molecule has 0 amide bonds. The van der Waals surface area contributed by atoms with Gasteiger partial charge in [-0.1, -0.05) is 17.1 Å². The highest BCUT2D eigenvalue weighted by Gasteiger charge is 2.09. The maximum atomic E-state index is 6.50. The predicted octanol–water partition coefficient (Wildman–Crippen LogP) is 1.48. The molecule has 56 valence electrons. The Hall–Kier alpha value is -1.73. The van der Waals surface area contributed by atoms with E-state index in [-0.39, 0.29) is 0 Å². The maximum absolute atomic E-state index is 6.50. The number of hydrogen-bond acceptors (Lipinski definition) is 4. The lowest BCUT2D eigenvalue weighted by Gasteiger charge is -1.86. The van der Waals surface area contributed by atoms with Crippen LogP contribution in [-0.2, 0) is 4.99 Å². The van der Waals surface area contributed by atoms with E-state index in [1.165, 1.54) is 0 Å². The highest BCUT2D eigenvalue weighted by atomic mass is 17.3. The highest BCUT2D eigenvalue weighted by molar-refractivity contribution is 5.55. The molecule has 1 N–H and O–H groups in total. The van der Waals surface area contributed by atoms with Crippen molar-refractivity contribution in [3.05, 3.63) is 24.3 Å². The molecule has 0 unspecified atom stereocenters. The van der Waals surface area contributed by atoms with Gasteiger partial charge < -0.3 is 4.89 Å². The van der Waals surface area contributed by atoms with Crippen LogP contribution >= 0.6 is 0 Å². The zero-order valence-electron chi connectivity index (χ0n) is 5.65. The average Bonchev–Trinajstić information content (AvgIpc) is 2.55. The normalized spacial score (nSPS) is 11.5. The van der Waals surface area contributed by atoms with E-state index in [1.807, 2.05) is 24.3 Å². The predicted molar refractivity (Wildman–Crippen MR) is 38.4 cm³/mol. The molecule has 4 nitrogen and oxygen atoms in total. The topological polar surface area (TPSA) is 54.3 Å². The molecule has 0 saturated carbocycles. The zero-order valence-corrected chi connectivity index (χ0v) is 5.65. The van der Waals surface area contributed by atoms with E-state index in [4.69, 9.17) is 5.26 Å². The fraction of sp³-hybridized carbons (Fsp3) is 0. The van der Waals surface area contributed by atoms with E-state index in [2.05, 4.69) is 21.9 Å². The molecule has 0 fully saturated rings. The monoisotopic (exact) mass is 150 g/mol. The van der Waals surface area contributed by atoms with Crippen molar-refractivity contribution in [1.29, 1.82) is 5.26 Å². The summed E-state index contributed by atoms with van der Waals surface area (Å²) in [5, 5.41) is 6.50. The van der Waals surface area contributed by atoms with Crippen LogP contribution in [0.1, 0.15) is 0 Å². The van der Waals surface area contributed by atoms with Crippen molar-refractivity contribution in [3.8, 4) is 12.3 Å². The molecule has 4 heteroatoms. The Kier molecular flexibility index (Phi) is 2.31. The number of fused-ring (bicyclic) bond motifs is 1. The van der Waals surface area contributed by atoms with Gasteiger partial charge in [-0.05, 0) is 12.1 Å². The van der Waals surface area contributed by atoms with Gasteiger partial charge in [0.1, 0.15) is 5.69 Å². The summed E-state index contributed by atoms with van der Waals surface area (Å²) in [6.07, 6.45) is 0. The number of nitrogens with one attached hydrogen (secondary N) is 1. The first-order valence-corrected chi connectivity index (χ1v) is 2.91. The summed E-state index contributed by atoms with van der Waals surface area (Å²) in [5.41, 5.74) is 3.45. The van der Waals surface area contributed by atoms with Crippen molar-refractivity contribution in [2.75, 3.05) is 5.48 Å². The third-order valence-electron chi connectivity index (χ3n) is 1.17. The molecule has 1 heterocycles. The van der Waals surface area contributed by atoms with E-state index in [9.17, 15) is 0 Å². The fourth-order valence-corrected chi connectivity index (χ4v) is 0.734. The lowest BCUT2D eigenvalue weighted by Crippen LogP contribution is -1.91. The summed E-state index contributed by atoms with van der Waals surface area (Å²) in [6.45, 7) is 3.50. The average molecular weight is 150 g/mol. The minimum atomic E-state index is 0.734. The molecule has 0 aromatic heterocycles. The van der Waals surface area contributed by atoms with Gasteiger partial charge in [0.15, 0.2) is 5.75 Å². The number of nitrogens with zero attached hydrogens (tertiary/aromatic N) is 1. The molecule has 0 spiro atoms. The lowest BCUT2D eigenvalue weighted by molar-refractivity contribution is -0.160. The van der Waals surface area contributed by atoms with Crippen molar-refractivity contribution in [1.82, 2.24) is 0 Å². The summed E-state index contributed by atoms with van der Waals surface area (Å²) in [6, 6.07) is 7.50. The second kappa shape index (κ2) is 3.44. The molecular weight excluding hydrogens is 144 g/mol. The fourth-order valence-electron chi connectivity index (χ4n) is 0.734. The highest BCUT2D eigenvalue weighted by Crippen LogP contribution is 2.27. The molecule has 1 aliphatic heterocycles. The molecule has 1 aromatic rings. The number of nitriles is 1. The van der Waals surface area contributed by atoms with Crippen molar-refractivity contribution in [2.24, 2.45) is 0 Å². The SMILES string of the molecule is C#N.c1ccc2c(c1)NOO2. The summed E-state index contributed by atoms with van der Waals surface area (Å²) in [5.74, 6) is 0.734. The van der Waals surface area contributed by atoms with E-state index in [1.54, 1.807) is 0 Å².